The Hall–Kier alpha value is -3.41. The molecule has 1 aromatic carbocycles. The van der Waals surface area contributed by atoms with Crippen molar-refractivity contribution in [3.05, 3.63) is 41.9 Å². The quantitative estimate of drug-likeness (QED) is 0.660. The van der Waals surface area contributed by atoms with Crippen LogP contribution in [-0.4, -0.2) is 53.1 Å². The molecule has 1 N–H and O–H groups in total. The topological polar surface area (TPSA) is 99.0 Å². The minimum Gasteiger partial charge on any atom is -0.372 e. The number of aromatic nitrogens is 2. The van der Waals surface area contributed by atoms with Crippen molar-refractivity contribution in [3.8, 4) is 17.3 Å². The molecular formula is C22H23F2N5O2. The highest BCUT2D eigenvalue weighted by Crippen LogP contribution is 2.31. The van der Waals surface area contributed by atoms with Crippen molar-refractivity contribution in [2.45, 2.75) is 38.2 Å². The third-order valence-electron chi connectivity index (χ3n) is 5.01. The molecule has 162 valence electrons. The number of likely N-dealkylation sites (N-methyl/N-ethyl adjacent to an activating group) is 1. The highest BCUT2D eigenvalue weighted by molar-refractivity contribution is 5.86. The molecule has 1 heterocycles. The second kappa shape index (κ2) is 9.60. The van der Waals surface area contributed by atoms with Gasteiger partial charge < -0.3 is 10.2 Å². The molecule has 1 saturated carbocycles. The summed E-state index contributed by atoms with van der Waals surface area (Å²) < 4.78 is 26.0. The van der Waals surface area contributed by atoms with E-state index in [1.165, 1.54) is 37.5 Å². The van der Waals surface area contributed by atoms with Crippen molar-refractivity contribution in [1.82, 2.24) is 14.9 Å². The number of halogens is 2. The number of alkyl halides is 2. The highest BCUT2D eigenvalue weighted by Gasteiger charge is 2.29. The first-order chi connectivity index (χ1) is 14.8. The van der Waals surface area contributed by atoms with E-state index in [1.807, 2.05) is 6.07 Å². The summed E-state index contributed by atoms with van der Waals surface area (Å²) in [5.41, 5.74) is 2.16. The molecule has 1 fully saturated rings. The molecule has 3 rings (SSSR count). The van der Waals surface area contributed by atoms with Gasteiger partial charge in [0.1, 0.15) is 17.9 Å². The minimum atomic E-state index is -2.69. The highest BCUT2D eigenvalue weighted by atomic mass is 19.3. The van der Waals surface area contributed by atoms with Crippen LogP contribution < -0.4 is 5.32 Å². The molecule has 1 amide bonds. The lowest BCUT2D eigenvalue weighted by Crippen LogP contribution is -2.40. The van der Waals surface area contributed by atoms with Gasteiger partial charge in [0.05, 0.1) is 35.3 Å². The summed E-state index contributed by atoms with van der Waals surface area (Å²) in [6, 6.07) is 5.60. The monoisotopic (exact) mass is 427 g/mol. The largest absolute Gasteiger partial charge is 0.372 e. The Kier molecular flexibility index (Phi) is 6.90. The van der Waals surface area contributed by atoms with Crippen LogP contribution in [0.2, 0.25) is 0 Å². The van der Waals surface area contributed by atoms with Gasteiger partial charge in [-0.25, -0.2) is 8.78 Å². The summed E-state index contributed by atoms with van der Waals surface area (Å²) >= 11 is 0. The van der Waals surface area contributed by atoms with Crippen LogP contribution in [0.3, 0.4) is 0 Å². The third-order valence-corrected chi connectivity index (χ3v) is 5.01. The molecule has 0 saturated heterocycles. The van der Waals surface area contributed by atoms with Gasteiger partial charge in [-0.2, -0.15) is 5.26 Å². The van der Waals surface area contributed by atoms with Gasteiger partial charge in [-0.15, -0.1) is 0 Å². The SMILES string of the molecule is CN(C)C(=O)[C@@H](CC(F)F)Nc1cc(-c2cnc(CC(=O)C3CC3)cn2)ccc1C#N. The van der Waals surface area contributed by atoms with Gasteiger partial charge in [0.2, 0.25) is 12.3 Å². The van der Waals surface area contributed by atoms with Crippen molar-refractivity contribution in [3.63, 3.8) is 0 Å². The van der Waals surface area contributed by atoms with E-state index < -0.39 is 24.8 Å². The number of rotatable bonds is 9. The first kappa shape index (κ1) is 22.3. The molecule has 0 aliphatic heterocycles. The molecule has 0 spiro atoms. The Morgan fingerprint density at radius 3 is 2.55 bits per heavy atom. The Bertz CT molecular complexity index is 998. The van der Waals surface area contributed by atoms with Gasteiger partial charge in [-0.1, -0.05) is 6.07 Å². The number of Topliss-reactive ketones (excluding diaryl/α,β-unsaturated/α-hetero) is 1. The predicted molar refractivity (Wildman–Crippen MR) is 110 cm³/mol. The van der Waals surface area contributed by atoms with Crippen LogP contribution in [0.1, 0.15) is 30.5 Å². The van der Waals surface area contributed by atoms with E-state index in [1.54, 1.807) is 12.1 Å². The normalized spacial score (nSPS) is 14.1. The molecule has 1 aliphatic rings. The maximum Gasteiger partial charge on any atom is 0.244 e. The fourth-order valence-corrected chi connectivity index (χ4v) is 3.14. The van der Waals surface area contributed by atoms with Gasteiger partial charge in [0, 0.05) is 38.2 Å². The van der Waals surface area contributed by atoms with Crippen LogP contribution in [0.25, 0.3) is 11.3 Å². The van der Waals surface area contributed by atoms with Gasteiger partial charge in [0.15, 0.2) is 0 Å². The lowest BCUT2D eigenvalue weighted by molar-refractivity contribution is -0.130. The summed E-state index contributed by atoms with van der Waals surface area (Å²) in [4.78, 5) is 34.1. The number of carbonyl (C=O) groups is 2. The number of nitrogens with one attached hydrogen (secondary N) is 1. The summed E-state index contributed by atoms with van der Waals surface area (Å²) in [7, 11) is 2.96. The van der Waals surface area contributed by atoms with E-state index in [0.29, 0.717) is 17.0 Å². The number of carbonyl (C=O) groups excluding carboxylic acids is 2. The maximum atomic E-state index is 13.0. The molecule has 1 aliphatic carbocycles. The van der Waals surface area contributed by atoms with Crippen LogP contribution in [0, 0.1) is 17.2 Å². The molecule has 0 unspecified atom stereocenters. The molecular weight excluding hydrogens is 404 g/mol. The predicted octanol–water partition coefficient (Wildman–Crippen LogP) is 3.06. The number of benzene rings is 1. The lowest BCUT2D eigenvalue weighted by atomic mass is 10.1. The van der Waals surface area contributed by atoms with E-state index in [0.717, 1.165) is 12.8 Å². The van der Waals surface area contributed by atoms with E-state index in [9.17, 15) is 23.6 Å². The zero-order valence-corrected chi connectivity index (χ0v) is 17.3. The Morgan fingerprint density at radius 1 is 1.26 bits per heavy atom. The maximum absolute atomic E-state index is 13.0. The van der Waals surface area contributed by atoms with Crippen LogP contribution in [0.4, 0.5) is 14.5 Å². The smallest absolute Gasteiger partial charge is 0.244 e. The zero-order valence-electron chi connectivity index (χ0n) is 17.3. The van der Waals surface area contributed by atoms with Gasteiger partial charge in [-0.3, -0.25) is 19.6 Å². The summed E-state index contributed by atoms with van der Waals surface area (Å²) in [5, 5.41) is 12.2. The Balaban J connectivity index is 1.83. The van der Waals surface area contributed by atoms with E-state index in [-0.39, 0.29) is 29.4 Å². The first-order valence-corrected chi connectivity index (χ1v) is 9.92. The Morgan fingerprint density at radius 2 is 2.00 bits per heavy atom. The molecule has 1 atom stereocenters. The van der Waals surface area contributed by atoms with Crippen molar-refractivity contribution in [1.29, 1.82) is 5.26 Å². The molecule has 9 heteroatoms. The second-order valence-corrected chi connectivity index (χ2v) is 7.74. The van der Waals surface area contributed by atoms with Crippen molar-refractivity contribution in [2.24, 2.45) is 5.92 Å². The Labute approximate surface area is 179 Å². The van der Waals surface area contributed by atoms with Crippen molar-refractivity contribution < 1.29 is 18.4 Å². The standard InChI is InChI=1S/C22H23F2N5O2/c1-29(2)22(31)18(9-21(23)24)28-17-7-14(5-6-15(17)10-25)19-12-26-16(11-27-19)8-20(30)13-3-4-13/h5-7,11-13,18,21,28H,3-4,8-9H2,1-2H3/t18-/m1/s1. The van der Waals surface area contributed by atoms with E-state index >= 15 is 0 Å². The number of nitriles is 1. The van der Waals surface area contributed by atoms with Gasteiger partial charge in [0.25, 0.3) is 0 Å². The number of hydrogen-bond donors (Lipinski definition) is 1. The van der Waals surface area contributed by atoms with Crippen molar-refractivity contribution in [2.75, 3.05) is 19.4 Å². The molecule has 0 bridgehead atoms. The number of amides is 1. The van der Waals surface area contributed by atoms with Crippen LogP contribution in [0.5, 0.6) is 0 Å². The van der Waals surface area contributed by atoms with Gasteiger partial charge >= 0.3 is 0 Å². The van der Waals surface area contributed by atoms with Crippen molar-refractivity contribution >= 4 is 17.4 Å². The summed E-state index contributed by atoms with van der Waals surface area (Å²) in [5.74, 6) is -0.193. The van der Waals surface area contributed by atoms with Crippen LogP contribution in [-0.2, 0) is 16.0 Å². The van der Waals surface area contributed by atoms with Crippen LogP contribution >= 0.6 is 0 Å². The average molecular weight is 427 g/mol. The summed E-state index contributed by atoms with van der Waals surface area (Å²) in [6.07, 6.45) is 1.82. The fourth-order valence-electron chi connectivity index (χ4n) is 3.14. The lowest BCUT2D eigenvalue weighted by Gasteiger charge is -2.23. The zero-order chi connectivity index (χ0) is 22.5. The van der Waals surface area contributed by atoms with Gasteiger partial charge in [-0.05, 0) is 25.0 Å². The summed E-state index contributed by atoms with van der Waals surface area (Å²) in [6.45, 7) is 0. The number of ketones is 1. The van der Waals surface area contributed by atoms with E-state index in [2.05, 4.69) is 15.3 Å². The molecule has 0 radical (unpaired) electrons. The molecule has 2 aromatic rings. The third kappa shape index (κ3) is 5.81. The first-order valence-electron chi connectivity index (χ1n) is 9.92. The molecule has 1 aromatic heterocycles. The van der Waals surface area contributed by atoms with E-state index in [4.69, 9.17) is 0 Å². The van der Waals surface area contributed by atoms with Crippen LogP contribution in [0.15, 0.2) is 30.6 Å². The number of hydrogen-bond acceptors (Lipinski definition) is 6. The molecule has 31 heavy (non-hydrogen) atoms. The molecule has 7 nitrogen and oxygen atoms in total. The fraction of sp³-hybridized carbons (Fsp3) is 0.409. The minimum absolute atomic E-state index is 0.152. The average Bonchev–Trinajstić information content (AvgIpc) is 3.58. The number of nitrogens with zero attached hydrogens (tertiary/aromatic N) is 4. The number of anilines is 1. The second-order valence-electron chi connectivity index (χ2n) is 7.74.